The minimum atomic E-state index is -0.499. The topological polar surface area (TPSA) is 52.6 Å². The van der Waals surface area contributed by atoms with Crippen LogP contribution in [0, 0.1) is 0 Å². The summed E-state index contributed by atoms with van der Waals surface area (Å²) in [5.74, 6) is -0.926. The number of hydrogen-bond donors (Lipinski definition) is 0. The summed E-state index contributed by atoms with van der Waals surface area (Å²) >= 11 is 0. The van der Waals surface area contributed by atoms with Crippen LogP contribution in [0.5, 0.6) is 0 Å². The Morgan fingerprint density at radius 2 is 2.05 bits per heavy atom. The molecule has 1 aromatic rings. The average molecular weight is 262 g/mol. The van der Waals surface area contributed by atoms with Gasteiger partial charge in [-0.15, -0.1) is 0 Å². The first-order valence-corrected chi connectivity index (χ1v) is 6.31. The molecule has 1 aliphatic rings. The molecule has 2 rings (SSSR count). The Kier molecular flexibility index (Phi) is 3.35. The zero-order chi connectivity index (χ0) is 14.2. The van der Waals surface area contributed by atoms with Gasteiger partial charge in [0.05, 0.1) is 11.5 Å². The first-order valence-electron chi connectivity index (χ1n) is 6.31. The molecule has 1 atom stereocenters. The van der Waals surface area contributed by atoms with Crippen molar-refractivity contribution in [3.63, 3.8) is 0 Å². The molecule has 0 amide bonds. The maximum Gasteiger partial charge on any atom is 0.338 e. The summed E-state index contributed by atoms with van der Waals surface area (Å²) in [6, 6.07) is 5.33. The molecule has 4 nitrogen and oxygen atoms in total. The van der Waals surface area contributed by atoms with E-state index in [-0.39, 0.29) is 24.5 Å². The lowest BCUT2D eigenvalue weighted by atomic mass is 9.97. The van der Waals surface area contributed by atoms with Crippen molar-refractivity contribution < 1.29 is 19.1 Å². The van der Waals surface area contributed by atoms with E-state index in [4.69, 9.17) is 9.47 Å². The van der Waals surface area contributed by atoms with Gasteiger partial charge >= 0.3 is 11.9 Å². The van der Waals surface area contributed by atoms with Crippen LogP contribution < -0.4 is 0 Å². The number of carbonyl (C=O) groups excluding carboxylic acids is 2. The molecule has 0 saturated carbocycles. The van der Waals surface area contributed by atoms with Gasteiger partial charge < -0.3 is 9.47 Å². The highest BCUT2D eigenvalue weighted by Gasteiger charge is 2.26. The van der Waals surface area contributed by atoms with Gasteiger partial charge in [-0.2, -0.15) is 0 Å². The molecule has 0 fully saturated rings. The molecule has 19 heavy (non-hydrogen) atoms. The number of esters is 2. The molecule has 0 bridgehead atoms. The molecule has 0 aliphatic carbocycles. The third kappa shape index (κ3) is 2.95. The van der Waals surface area contributed by atoms with Crippen LogP contribution in [0.2, 0.25) is 0 Å². The molecule has 0 radical (unpaired) electrons. The van der Waals surface area contributed by atoms with Crippen molar-refractivity contribution in [2.75, 3.05) is 0 Å². The Morgan fingerprint density at radius 3 is 2.68 bits per heavy atom. The number of ether oxygens (including phenoxy) is 2. The van der Waals surface area contributed by atoms with Crippen LogP contribution in [0.1, 0.15) is 55.1 Å². The monoisotopic (exact) mass is 262 g/mol. The summed E-state index contributed by atoms with van der Waals surface area (Å²) in [6.07, 6.45) is 0. The molecule has 0 aromatic heterocycles. The molecule has 1 aromatic carbocycles. The van der Waals surface area contributed by atoms with E-state index in [0.29, 0.717) is 5.56 Å². The fourth-order valence-electron chi connectivity index (χ4n) is 1.95. The fraction of sp³-hybridized carbons (Fsp3) is 0.467. The van der Waals surface area contributed by atoms with Crippen molar-refractivity contribution >= 4 is 11.9 Å². The maximum absolute atomic E-state index is 12.0. The van der Waals surface area contributed by atoms with Gasteiger partial charge in [-0.05, 0) is 39.3 Å². The summed E-state index contributed by atoms with van der Waals surface area (Å²) in [5.41, 5.74) is 1.76. The van der Waals surface area contributed by atoms with Crippen LogP contribution in [0.25, 0.3) is 0 Å². The zero-order valence-corrected chi connectivity index (χ0v) is 11.6. The smallest absolute Gasteiger partial charge is 0.338 e. The third-order valence-corrected chi connectivity index (χ3v) is 2.97. The number of carbonyl (C=O) groups is 2. The van der Waals surface area contributed by atoms with Gasteiger partial charge in [0.15, 0.2) is 0 Å². The number of rotatable bonds is 2. The van der Waals surface area contributed by atoms with E-state index < -0.39 is 5.60 Å². The number of benzene rings is 1. The molecule has 4 heteroatoms. The maximum atomic E-state index is 12.0. The van der Waals surface area contributed by atoms with Crippen molar-refractivity contribution in [1.29, 1.82) is 0 Å². The van der Waals surface area contributed by atoms with E-state index in [1.54, 1.807) is 19.1 Å². The van der Waals surface area contributed by atoms with E-state index in [1.165, 1.54) is 0 Å². The Balaban J connectivity index is 2.19. The quantitative estimate of drug-likeness (QED) is 0.769. The van der Waals surface area contributed by atoms with Crippen molar-refractivity contribution in [2.45, 2.75) is 45.8 Å². The molecule has 0 N–H and O–H groups in total. The van der Waals surface area contributed by atoms with Crippen molar-refractivity contribution in [2.24, 2.45) is 0 Å². The minimum absolute atomic E-state index is 0.266. The molecule has 0 saturated heterocycles. The van der Waals surface area contributed by atoms with Crippen LogP contribution in [0.15, 0.2) is 18.2 Å². The van der Waals surface area contributed by atoms with Gasteiger partial charge in [0.25, 0.3) is 0 Å². The second-order valence-corrected chi connectivity index (χ2v) is 5.75. The predicted octanol–water partition coefficient (Wildman–Crippen LogP) is 2.80. The van der Waals surface area contributed by atoms with Crippen LogP contribution >= 0.6 is 0 Å². The van der Waals surface area contributed by atoms with Gasteiger partial charge in [0, 0.05) is 5.56 Å². The third-order valence-electron chi connectivity index (χ3n) is 2.97. The van der Waals surface area contributed by atoms with Crippen LogP contribution in [-0.2, 0) is 20.9 Å². The first kappa shape index (κ1) is 13.6. The first-order chi connectivity index (χ1) is 8.78. The van der Waals surface area contributed by atoms with Crippen molar-refractivity contribution in [3.05, 3.63) is 34.9 Å². The molecule has 0 unspecified atom stereocenters. The van der Waals surface area contributed by atoms with Gasteiger partial charge in [-0.25, -0.2) is 4.79 Å². The zero-order valence-electron chi connectivity index (χ0n) is 11.6. The number of hydrogen-bond acceptors (Lipinski definition) is 4. The molecule has 0 spiro atoms. The lowest BCUT2D eigenvalue weighted by molar-refractivity contribution is -0.156. The van der Waals surface area contributed by atoms with Gasteiger partial charge in [-0.1, -0.05) is 12.1 Å². The average Bonchev–Trinajstić information content (AvgIpc) is 2.67. The van der Waals surface area contributed by atoms with Gasteiger partial charge in [0.1, 0.15) is 12.2 Å². The molecule has 1 aliphatic heterocycles. The standard InChI is InChI=1S/C15H18O4/c1-9(13(16)19-15(2,3)4)10-5-6-12-11(7-10)8-18-14(12)17/h5-7,9H,8H2,1-4H3/t9-/m1/s1. The highest BCUT2D eigenvalue weighted by molar-refractivity contribution is 5.93. The van der Waals surface area contributed by atoms with Crippen molar-refractivity contribution in [1.82, 2.24) is 0 Å². The van der Waals surface area contributed by atoms with E-state index in [9.17, 15) is 9.59 Å². The lowest BCUT2D eigenvalue weighted by Gasteiger charge is -2.22. The number of cyclic esters (lactones) is 1. The summed E-state index contributed by atoms with van der Waals surface area (Å²) in [5, 5.41) is 0. The Labute approximate surface area is 112 Å². The second-order valence-electron chi connectivity index (χ2n) is 5.75. The summed E-state index contributed by atoms with van der Waals surface area (Å²) < 4.78 is 10.3. The molecular formula is C15H18O4. The minimum Gasteiger partial charge on any atom is -0.460 e. The lowest BCUT2D eigenvalue weighted by Crippen LogP contribution is -2.26. The Bertz CT molecular complexity index is 525. The fourth-order valence-corrected chi connectivity index (χ4v) is 1.95. The van der Waals surface area contributed by atoms with Crippen molar-refractivity contribution in [3.8, 4) is 0 Å². The highest BCUT2D eigenvalue weighted by atomic mass is 16.6. The summed E-state index contributed by atoms with van der Waals surface area (Å²) in [4.78, 5) is 23.4. The van der Waals surface area contributed by atoms with E-state index in [0.717, 1.165) is 11.1 Å². The van der Waals surface area contributed by atoms with E-state index in [1.807, 2.05) is 26.8 Å². The summed E-state index contributed by atoms with van der Waals surface area (Å²) in [6.45, 7) is 7.60. The highest BCUT2D eigenvalue weighted by Crippen LogP contribution is 2.26. The van der Waals surface area contributed by atoms with Crippen LogP contribution in [0.3, 0.4) is 0 Å². The SMILES string of the molecule is C[C@@H](C(=O)OC(C)(C)C)c1ccc2c(c1)COC2=O. The van der Waals surface area contributed by atoms with Gasteiger partial charge in [0.2, 0.25) is 0 Å². The van der Waals surface area contributed by atoms with Crippen LogP contribution in [0.4, 0.5) is 0 Å². The molecule has 102 valence electrons. The van der Waals surface area contributed by atoms with E-state index >= 15 is 0 Å². The largest absolute Gasteiger partial charge is 0.460 e. The molecule has 1 heterocycles. The summed E-state index contributed by atoms with van der Waals surface area (Å²) in [7, 11) is 0. The Morgan fingerprint density at radius 1 is 1.37 bits per heavy atom. The van der Waals surface area contributed by atoms with Crippen LogP contribution in [-0.4, -0.2) is 17.5 Å². The van der Waals surface area contributed by atoms with Gasteiger partial charge in [-0.3, -0.25) is 4.79 Å². The van der Waals surface area contributed by atoms with E-state index in [2.05, 4.69) is 0 Å². The normalized spacial score (nSPS) is 15.7. The Hall–Kier alpha value is -1.84. The second kappa shape index (κ2) is 4.68. The molecular weight excluding hydrogens is 244 g/mol. The predicted molar refractivity (Wildman–Crippen MR) is 69.8 cm³/mol. The number of fused-ring (bicyclic) bond motifs is 1.